The van der Waals surface area contributed by atoms with Crippen molar-refractivity contribution in [3.63, 3.8) is 0 Å². The highest BCUT2D eigenvalue weighted by atomic mass is 35.5. The smallest absolute Gasteiger partial charge is 0.338 e. The van der Waals surface area contributed by atoms with Crippen molar-refractivity contribution < 1.29 is 19.1 Å². The third kappa shape index (κ3) is 3.58. The molecule has 2 rings (SSSR count). The number of esters is 1. The molecule has 1 atom stereocenters. The zero-order chi connectivity index (χ0) is 16.1. The van der Waals surface area contributed by atoms with E-state index < -0.39 is 18.0 Å². The molecule has 7 heteroatoms. The molecule has 2 N–H and O–H groups in total. The number of rotatable bonds is 5. The Morgan fingerprint density at radius 1 is 1.32 bits per heavy atom. The zero-order valence-corrected chi connectivity index (χ0v) is 13.1. The number of hydrogen-bond donors (Lipinski definition) is 2. The van der Waals surface area contributed by atoms with Crippen molar-refractivity contribution >= 4 is 23.6 Å². The van der Waals surface area contributed by atoms with Crippen LogP contribution in [0.4, 0.5) is 4.79 Å². The predicted octanol–water partition coefficient (Wildman–Crippen LogP) is 2.16. The van der Waals surface area contributed by atoms with Crippen molar-refractivity contribution in [1.82, 2.24) is 10.6 Å². The first kappa shape index (κ1) is 16.3. The van der Waals surface area contributed by atoms with E-state index in [-0.39, 0.29) is 6.61 Å². The van der Waals surface area contributed by atoms with Crippen molar-refractivity contribution in [3.8, 4) is 0 Å². The monoisotopic (exact) mass is 324 g/mol. The molecular weight excluding hydrogens is 308 g/mol. The van der Waals surface area contributed by atoms with Gasteiger partial charge in [0.2, 0.25) is 0 Å². The number of carbonyl (C=O) groups excluding carboxylic acids is 2. The number of benzene rings is 1. The Kier molecular flexibility index (Phi) is 5.41. The maximum absolute atomic E-state index is 12.3. The lowest BCUT2D eigenvalue weighted by molar-refractivity contribution is -0.140. The number of halogens is 1. The summed E-state index contributed by atoms with van der Waals surface area (Å²) >= 11 is 6.18. The van der Waals surface area contributed by atoms with Crippen LogP contribution < -0.4 is 10.6 Å². The molecule has 1 heterocycles. The summed E-state index contributed by atoms with van der Waals surface area (Å²) in [5.74, 6) is -0.521. The molecule has 0 spiro atoms. The Hall–Kier alpha value is -2.05. The van der Waals surface area contributed by atoms with Crippen LogP contribution in [0, 0.1) is 0 Å². The van der Waals surface area contributed by atoms with Crippen LogP contribution in [-0.2, 0) is 14.3 Å². The Bertz CT molecular complexity index is 615. The Morgan fingerprint density at radius 3 is 2.73 bits per heavy atom. The van der Waals surface area contributed by atoms with Gasteiger partial charge in [-0.1, -0.05) is 29.8 Å². The molecule has 0 aromatic heterocycles. The van der Waals surface area contributed by atoms with Gasteiger partial charge in [0.05, 0.1) is 18.2 Å². The number of nitrogens with one attached hydrogen (secondary N) is 2. The topological polar surface area (TPSA) is 76.7 Å². The summed E-state index contributed by atoms with van der Waals surface area (Å²) in [6, 6.07) is 5.98. The van der Waals surface area contributed by atoms with E-state index >= 15 is 0 Å². The SMILES string of the molecule is COCCOC(=O)C1=C(C)NC(=O)N[C@@H]1c1ccccc1Cl. The lowest BCUT2D eigenvalue weighted by Crippen LogP contribution is -2.45. The van der Waals surface area contributed by atoms with Crippen molar-refractivity contribution in [2.75, 3.05) is 20.3 Å². The van der Waals surface area contributed by atoms with Crippen molar-refractivity contribution in [2.45, 2.75) is 13.0 Å². The van der Waals surface area contributed by atoms with Crippen LogP contribution in [0.2, 0.25) is 5.02 Å². The van der Waals surface area contributed by atoms with Gasteiger partial charge in [0.1, 0.15) is 6.61 Å². The molecule has 2 amide bonds. The van der Waals surface area contributed by atoms with E-state index in [4.69, 9.17) is 21.1 Å². The van der Waals surface area contributed by atoms with Gasteiger partial charge in [0.25, 0.3) is 0 Å². The summed E-state index contributed by atoms with van der Waals surface area (Å²) in [5.41, 5.74) is 1.40. The van der Waals surface area contributed by atoms with Gasteiger partial charge >= 0.3 is 12.0 Å². The van der Waals surface area contributed by atoms with Gasteiger partial charge in [-0.25, -0.2) is 9.59 Å². The standard InChI is InChI=1S/C15H17ClN2O4/c1-9-12(14(19)22-8-7-21-2)13(18-15(20)17-9)10-5-3-4-6-11(10)16/h3-6,13H,7-8H2,1-2H3,(H2,17,18,20)/t13-/m1/s1. The van der Waals surface area contributed by atoms with E-state index in [2.05, 4.69) is 10.6 Å². The van der Waals surface area contributed by atoms with Gasteiger partial charge in [0.15, 0.2) is 0 Å². The van der Waals surface area contributed by atoms with E-state index in [0.717, 1.165) is 0 Å². The van der Waals surface area contributed by atoms with Crippen LogP contribution in [0.5, 0.6) is 0 Å². The van der Waals surface area contributed by atoms with Crippen LogP contribution in [-0.4, -0.2) is 32.3 Å². The highest BCUT2D eigenvalue weighted by molar-refractivity contribution is 6.31. The Labute approximate surface area is 133 Å². The molecule has 0 saturated carbocycles. The maximum atomic E-state index is 12.3. The fourth-order valence-corrected chi connectivity index (χ4v) is 2.45. The minimum absolute atomic E-state index is 0.134. The predicted molar refractivity (Wildman–Crippen MR) is 81.4 cm³/mol. The molecule has 1 aliphatic heterocycles. The number of allylic oxidation sites excluding steroid dienone is 1. The number of carbonyl (C=O) groups is 2. The summed E-state index contributed by atoms with van der Waals surface area (Å²) in [7, 11) is 1.52. The first-order valence-corrected chi connectivity index (χ1v) is 7.11. The van der Waals surface area contributed by atoms with E-state index in [1.807, 2.05) is 0 Å². The lowest BCUT2D eigenvalue weighted by atomic mass is 9.95. The summed E-state index contributed by atoms with van der Waals surface area (Å²) < 4.78 is 10.0. The van der Waals surface area contributed by atoms with Gasteiger partial charge in [-0.2, -0.15) is 0 Å². The number of methoxy groups -OCH3 is 1. The summed E-state index contributed by atoms with van der Waals surface area (Å²) in [5, 5.41) is 5.74. The van der Waals surface area contributed by atoms with E-state index in [1.165, 1.54) is 7.11 Å². The molecule has 0 radical (unpaired) electrons. The Morgan fingerprint density at radius 2 is 2.05 bits per heavy atom. The summed E-state index contributed by atoms with van der Waals surface area (Å²) in [6.45, 7) is 2.08. The number of urea groups is 1. The minimum atomic E-state index is -0.655. The molecule has 1 aromatic rings. The molecule has 1 aliphatic rings. The lowest BCUT2D eigenvalue weighted by Gasteiger charge is -2.28. The molecule has 6 nitrogen and oxygen atoms in total. The van der Waals surface area contributed by atoms with Crippen molar-refractivity contribution in [1.29, 1.82) is 0 Å². The molecule has 22 heavy (non-hydrogen) atoms. The third-order valence-electron chi connectivity index (χ3n) is 3.23. The van der Waals surface area contributed by atoms with Crippen molar-refractivity contribution in [2.24, 2.45) is 0 Å². The van der Waals surface area contributed by atoms with Gasteiger partial charge < -0.3 is 20.1 Å². The van der Waals surface area contributed by atoms with Gasteiger partial charge in [-0.15, -0.1) is 0 Å². The summed E-state index contributed by atoms with van der Waals surface area (Å²) in [6.07, 6.45) is 0. The molecular formula is C15H17ClN2O4. The van der Waals surface area contributed by atoms with Crippen molar-refractivity contribution in [3.05, 3.63) is 46.1 Å². The first-order chi connectivity index (χ1) is 10.5. The van der Waals surface area contributed by atoms with Gasteiger partial charge in [-0.05, 0) is 18.6 Å². The van der Waals surface area contributed by atoms with E-state index in [0.29, 0.717) is 28.5 Å². The fourth-order valence-electron chi connectivity index (χ4n) is 2.20. The van der Waals surface area contributed by atoms with Crippen LogP contribution in [0.1, 0.15) is 18.5 Å². The maximum Gasteiger partial charge on any atom is 0.338 e. The van der Waals surface area contributed by atoms with Crippen LogP contribution in [0.15, 0.2) is 35.5 Å². The summed E-state index contributed by atoms with van der Waals surface area (Å²) in [4.78, 5) is 24.0. The average molecular weight is 325 g/mol. The quantitative estimate of drug-likeness (QED) is 0.643. The second-order valence-electron chi connectivity index (χ2n) is 4.72. The second kappa shape index (κ2) is 7.29. The fraction of sp³-hybridized carbons (Fsp3) is 0.333. The number of hydrogen-bond acceptors (Lipinski definition) is 4. The second-order valence-corrected chi connectivity index (χ2v) is 5.13. The highest BCUT2D eigenvalue weighted by Crippen LogP contribution is 2.31. The average Bonchev–Trinajstić information content (AvgIpc) is 2.47. The highest BCUT2D eigenvalue weighted by Gasteiger charge is 2.33. The molecule has 0 saturated heterocycles. The number of ether oxygens (including phenoxy) is 2. The normalized spacial score (nSPS) is 17.8. The van der Waals surface area contributed by atoms with Gasteiger partial charge in [-0.3, -0.25) is 0 Å². The largest absolute Gasteiger partial charge is 0.460 e. The van der Waals surface area contributed by atoms with Crippen LogP contribution in [0.3, 0.4) is 0 Å². The molecule has 0 aliphatic carbocycles. The molecule has 1 aromatic carbocycles. The van der Waals surface area contributed by atoms with Crippen LogP contribution in [0.25, 0.3) is 0 Å². The minimum Gasteiger partial charge on any atom is -0.460 e. The molecule has 0 unspecified atom stereocenters. The molecule has 0 fully saturated rings. The Balaban J connectivity index is 2.33. The number of amides is 2. The first-order valence-electron chi connectivity index (χ1n) is 6.73. The molecule has 118 valence electrons. The molecule has 0 bridgehead atoms. The van der Waals surface area contributed by atoms with Gasteiger partial charge in [0, 0.05) is 17.8 Å². The third-order valence-corrected chi connectivity index (χ3v) is 3.57. The van der Waals surface area contributed by atoms with E-state index in [9.17, 15) is 9.59 Å². The van der Waals surface area contributed by atoms with E-state index in [1.54, 1.807) is 31.2 Å². The zero-order valence-electron chi connectivity index (χ0n) is 12.3. The van der Waals surface area contributed by atoms with Crippen LogP contribution >= 0.6 is 11.6 Å².